The van der Waals surface area contributed by atoms with Crippen LogP contribution in [0.1, 0.15) is 11.7 Å². The van der Waals surface area contributed by atoms with Crippen molar-refractivity contribution >= 4 is 15.7 Å². The minimum absolute atomic E-state index is 0.116. The second kappa shape index (κ2) is 7.39. The average molecular weight is 352 g/mol. The monoisotopic (exact) mass is 352 g/mol. The molecule has 0 aliphatic carbocycles. The molecule has 0 heterocycles. The summed E-state index contributed by atoms with van der Waals surface area (Å²) in [5, 5.41) is 20.6. The number of nitrogens with one attached hydrogen (secondary N) is 1. The van der Waals surface area contributed by atoms with Gasteiger partial charge in [0.2, 0.25) is 10.0 Å². The molecule has 0 spiro atoms. The maximum atomic E-state index is 12.1. The van der Waals surface area contributed by atoms with Crippen molar-refractivity contribution < 1.29 is 23.2 Å². The number of rotatable bonds is 7. The Morgan fingerprint density at radius 3 is 2.25 bits per heavy atom. The van der Waals surface area contributed by atoms with Crippen LogP contribution in [0.2, 0.25) is 0 Å². The van der Waals surface area contributed by atoms with Crippen LogP contribution in [0.5, 0.6) is 5.75 Å². The largest absolute Gasteiger partial charge is 0.497 e. The first kappa shape index (κ1) is 17.9. The van der Waals surface area contributed by atoms with Crippen LogP contribution in [0.3, 0.4) is 0 Å². The number of nitro benzene ring substituents is 1. The van der Waals surface area contributed by atoms with Crippen LogP contribution in [0, 0.1) is 10.1 Å². The molecular weight excluding hydrogens is 336 g/mol. The van der Waals surface area contributed by atoms with E-state index in [2.05, 4.69) is 4.72 Å². The second-order valence-corrected chi connectivity index (χ2v) is 6.66. The molecule has 1 atom stereocenters. The summed E-state index contributed by atoms with van der Waals surface area (Å²) in [5.74, 6) is 0.623. The lowest BCUT2D eigenvalue weighted by molar-refractivity contribution is -0.384. The third kappa shape index (κ3) is 4.28. The highest BCUT2D eigenvalue weighted by atomic mass is 32.2. The molecule has 2 rings (SSSR count). The first-order valence-corrected chi connectivity index (χ1v) is 8.38. The third-order valence-electron chi connectivity index (χ3n) is 3.33. The smallest absolute Gasteiger partial charge is 0.269 e. The van der Waals surface area contributed by atoms with Crippen LogP contribution >= 0.6 is 0 Å². The molecule has 0 bridgehead atoms. The third-order valence-corrected chi connectivity index (χ3v) is 4.76. The Morgan fingerprint density at radius 2 is 1.75 bits per heavy atom. The van der Waals surface area contributed by atoms with Crippen LogP contribution in [0.25, 0.3) is 0 Å². The van der Waals surface area contributed by atoms with E-state index in [0.29, 0.717) is 11.3 Å². The lowest BCUT2D eigenvalue weighted by Crippen LogP contribution is -2.28. The Balaban J connectivity index is 2.04. The van der Waals surface area contributed by atoms with Gasteiger partial charge in [0.1, 0.15) is 5.75 Å². The molecule has 8 nitrogen and oxygen atoms in total. The van der Waals surface area contributed by atoms with E-state index in [1.54, 1.807) is 24.3 Å². The van der Waals surface area contributed by atoms with E-state index in [-0.39, 0.29) is 17.1 Å². The van der Waals surface area contributed by atoms with E-state index in [0.717, 1.165) is 24.3 Å². The van der Waals surface area contributed by atoms with Gasteiger partial charge in [-0.05, 0) is 29.8 Å². The van der Waals surface area contributed by atoms with Gasteiger partial charge in [-0.2, -0.15) is 0 Å². The van der Waals surface area contributed by atoms with E-state index in [4.69, 9.17) is 4.74 Å². The zero-order chi connectivity index (χ0) is 17.7. The van der Waals surface area contributed by atoms with Crippen LogP contribution in [0.15, 0.2) is 53.4 Å². The number of ether oxygens (including phenoxy) is 1. The molecule has 2 aromatic carbocycles. The predicted molar refractivity (Wildman–Crippen MR) is 86.2 cm³/mol. The quantitative estimate of drug-likeness (QED) is 0.577. The van der Waals surface area contributed by atoms with Gasteiger partial charge in [-0.1, -0.05) is 12.1 Å². The minimum atomic E-state index is -3.88. The van der Waals surface area contributed by atoms with Gasteiger partial charge in [0, 0.05) is 18.7 Å². The molecule has 2 N–H and O–H groups in total. The molecular formula is C15H16N2O6S. The van der Waals surface area contributed by atoms with E-state index >= 15 is 0 Å². The summed E-state index contributed by atoms with van der Waals surface area (Å²) < 4.78 is 31.6. The highest BCUT2D eigenvalue weighted by Gasteiger charge is 2.18. The number of hydrogen-bond acceptors (Lipinski definition) is 6. The molecule has 0 radical (unpaired) electrons. The van der Waals surface area contributed by atoms with Crippen molar-refractivity contribution in [3.63, 3.8) is 0 Å². The normalized spacial score (nSPS) is 12.6. The van der Waals surface area contributed by atoms with Gasteiger partial charge < -0.3 is 9.84 Å². The molecule has 128 valence electrons. The van der Waals surface area contributed by atoms with Gasteiger partial charge >= 0.3 is 0 Å². The summed E-state index contributed by atoms with van der Waals surface area (Å²) in [7, 11) is -2.36. The number of aliphatic hydroxyl groups excluding tert-OH is 1. The topological polar surface area (TPSA) is 119 Å². The van der Waals surface area contributed by atoms with Crippen LogP contribution in [-0.2, 0) is 10.0 Å². The van der Waals surface area contributed by atoms with Gasteiger partial charge in [0.25, 0.3) is 5.69 Å². The number of aliphatic hydroxyl groups is 1. The lowest BCUT2D eigenvalue weighted by atomic mass is 10.1. The van der Waals surface area contributed by atoms with Crippen molar-refractivity contribution in [3.05, 3.63) is 64.2 Å². The SMILES string of the molecule is COc1ccc(C(O)CNS(=O)(=O)c2ccc([N+](=O)[O-])cc2)cc1. The molecule has 2 aromatic rings. The Hall–Kier alpha value is -2.49. The average Bonchev–Trinajstić information content (AvgIpc) is 2.60. The molecule has 0 fully saturated rings. The highest BCUT2D eigenvalue weighted by Crippen LogP contribution is 2.19. The fourth-order valence-electron chi connectivity index (χ4n) is 1.96. The summed E-state index contributed by atoms with van der Waals surface area (Å²) >= 11 is 0. The number of benzene rings is 2. The first-order chi connectivity index (χ1) is 11.3. The van der Waals surface area contributed by atoms with Crippen LogP contribution < -0.4 is 9.46 Å². The molecule has 9 heteroatoms. The number of methoxy groups -OCH3 is 1. The number of non-ortho nitro benzene ring substituents is 1. The molecule has 0 amide bonds. The Kier molecular flexibility index (Phi) is 5.50. The van der Waals surface area contributed by atoms with Gasteiger partial charge in [-0.25, -0.2) is 13.1 Å². The van der Waals surface area contributed by atoms with Crippen molar-refractivity contribution in [1.29, 1.82) is 0 Å². The molecule has 0 aromatic heterocycles. The zero-order valence-corrected chi connectivity index (χ0v) is 13.6. The summed E-state index contributed by atoms with van der Waals surface area (Å²) in [6.07, 6.45) is -1.04. The standard InChI is InChI=1S/C15H16N2O6S/c1-23-13-6-2-11(3-7-13)15(18)10-16-24(21,22)14-8-4-12(5-9-14)17(19)20/h2-9,15-16,18H,10H2,1H3. The molecule has 0 aliphatic heterocycles. The van der Waals surface area contributed by atoms with Crippen molar-refractivity contribution in [2.24, 2.45) is 0 Å². The second-order valence-electron chi connectivity index (χ2n) is 4.89. The van der Waals surface area contributed by atoms with Gasteiger partial charge in [-0.3, -0.25) is 10.1 Å². The molecule has 0 saturated heterocycles. The van der Waals surface area contributed by atoms with E-state index in [1.165, 1.54) is 7.11 Å². The minimum Gasteiger partial charge on any atom is -0.497 e. The number of nitrogens with zero attached hydrogens (tertiary/aromatic N) is 1. The summed E-state index contributed by atoms with van der Waals surface area (Å²) in [6.45, 7) is -0.231. The van der Waals surface area contributed by atoms with Crippen molar-refractivity contribution in [3.8, 4) is 5.75 Å². The molecule has 0 aliphatic rings. The predicted octanol–water partition coefficient (Wildman–Crippen LogP) is 1.62. The molecule has 1 unspecified atom stereocenters. The highest BCUT2D eigenvalue weighted by molar-refractivity contribution is 7.89. The summed E-state index contributed by atoms with van der Waals surface area (Å²) in [5.41, 5.74) is 0.328. The van der Waals surface area contributed by atoms with Crippen molar-refractivity contribution in [2.75, 3.05) is 13.7 Å². The maximum absolute atomic E-state index is 12.1. The number of sulfonamides is 1. The fourth-order valence-corrected chi connectivity index (χ4v) is 3.00. The molecule has 24 heavy (non-hydrogen) atoms. The van der Waals surface area contributed by atoms with Gasteiger partial charge in [0.05, 0.1) is 23.0 Å². The van der Waals surface area contributed by atoms with Crippen LogP contribution in [-0.4, -0.2) is 32.1 Å². The van der Waals surface area contributed by atoms with E-state index in [1.807, 2.05) is 0 Å². The van der Waals surface area contributed by atoms with Gasteiger partial charge in [0.15, 0.2) is 0 Å². The summed E-state index contributed by atoms with van der Waals surface area (Å²) in [6, 6.07) is 11.1. The number of nitro groups is 1. The first-order valence-electron chi connectivity index (χ1n) is 6.89. The number of hydrogen-bond donors (Lipinski definition) is 2. The van der Waals surface area contributed by atoms with Crippen LogP contribution in [0.4, 0.5) is 5.69 Å². The molecule has 0 saturated carbocycles. The Bertz CT molecular complexity index is 803. The maximum Gasteiger partial charge on any atom is 0.269 e. The van der Waals surface area contributed by atoms with Gasteiger partial charge in [-0.15, -0.1) is 0 Å². The van der Waals surface area contributed by atoms with Crippen molar-refractivity contribution in [2.45, 2.75) is 11.0 Å². The zero-order valence-electron chi connectivity index (χ0n) is 12.7. The summed E-state index contributed by atoms with van der Waals surface area (Å²) in [4.78, 5) is 9.85. The van der Waals surface area contributed by atoms with E-state index < -0.39 is 21.1 Å². The Labute approximate surface area is 138 Å². The Morgan fingerprint density at radius 1 is 1.17 bits per heavy atom. The van der Waals surface area contributed by atoms with E-state index in [9.17, 15) is 23.6 Å². The fraction of sp³-hybridized carbons (Fsp3) is 0.200. The van der Waals surface area contributed by atoms with Crippen molar-refractivity contribution in [1.82, 2.24) is 4.72 Å². The lowest BCUT2D eigenvalue weighted by Gasteiger charge is -2.13.